The molecule has 0 bridgehead atoms. The molecule has 3 N–H and O–H groups in total. The van der Waals surface area contributed by atoms with E-state index in [1.54, 1.807) is 12.3 Å². The highest BCUT2D eigenvalue weighted by Crippen LogP contribution is 2.27. The van der Waals surface area contributed by atoms with Crippen LogP contribution in [0.2, 0.25) is 0 Å². The van der Waals surface area contributed by atoms with Crippen LogP contribution < -0.4 is 31.7 Å². The molecule has 0 aliphatic carbocycles. The molecule has 1 fully saturated rings. The van der Waals surface area contributed by atoms with Gasteiger partial charge in [-0.2, -0.15) is 0 Å². The Bertz CT molecular complexity index is 1220. The average Bonchev–Trinajstić information content (AvgIpc) is 2.86. The molecule has 1 amide bonds. The minimum atomic E-state index is -0.540. The number of nitrogens with zero attached hydrogens (tertiary/aromatic N) is 2. The van der Waals surface area contributed by atoms with Crippen LogP contribution in [-0.4, -0.2) is 30.0 Å². The predicted octanol–water partition coefficient (Wildman–Crippen LogP) is 2.87. The molecule has 2 atom stereocenters. The summed E-state index contributed by atoms with van der Waals surface area (Å²) in [5.74, 6) is 0.554. The van der Waals surface area contributed by atoms with Crippen LogP contribution in [0.25, 0.3) is 0 Å². The number of carbonyl (C=O) groups excluding carboxylic acids is 1. The molecule has 1 saturated heterocycles. The molecule has 3 aromatic rings. The maximum Gasteiger partial charge on any atom is 0.253 e. The topological polar surface area (TPSA) is 103 Å². The fraction of sp³-hybridized carbons (Fsp3) is 0.280. The van der Waals surface area contributed by atoms with Gasteiger partial charge in [-0.1, -0.05) is 36.9 Å². The zero-order valence-corrected chi connectivity index (χ0v) is 18.5. The van der Waals surface area contributed by atoms with Crippen molar-refractivity contribution >= 4 is 28.8 Å². The lowest BCUT2D eigenvalue weighted by atomic mass is 10.1. The second-order valence-electron chi connectivity index (χ2n) is 8.21. The molecular weight excluding hydrogens is 418 g/mol. The first kappa shape index (κ1) is 22.3. The van der Waals surface area contributed by atoms with Crippen LogP contribution in [0.1, 0.15) is 31.4 Å². The molecule has 1 unspecified atom stereocenters. The fourth-order valence-corrected chi connectivity index (χ4v) is 4.07. The van der Waals surface area contributed by atoms with Crippen LogP contribution in [0.3, 0.4) is 0 Å². The summed E-state index contributed by atoms with van der Waals surface area (Å²) in [6.07, 6.45) is 4.75. The SMILES string of the molecule is C=CC(=O)NC1CCCN(c2cc(Nc3c(N[C@H](C)c4ccccc4)c(=O)c3=O)ccn2)C1. The summed E-state index contributed by atoms with van der Waals surface area (Å²) >= 11 is 0. The smallest absolute Gasteiger partial charge is 0.253 e. The van der Waals surface area contributed by atoms with E-state index in [1.807, 2.05) is 43.3 Å². The molecule has 2 aromatic carbocycles. The summed E-state index contributed by atoms with van der Waals surface area (Å²) in [7, 11) is 0. The van der Waals surface area contributed by atoms with E-state index in [2.05, 4.69) is 32.4 Å². The Hall–Kier alpha value is -3.94. The molecule has 8 nitrogen and oxygen atoms in total. The minimum Gasteiger partial charge on any atom is -0.373 e. The van der Waals surface area contributed by atoms with Crippen LogP contribution in [-0.2, 0) is 4.79 Å². The zero-order valence-electron chi connectivity index (χ0n) is 18.5. The van der Waals surface area contributed by atoms with E-state index in [0.29, 0.717) is 17.9 Å². The molecule has 33 heavy (non-hydrogen) atoms. The largest absolute Gasteiger partial charge is 0.373 e. The first-order valence-electron chi connectivity index (χ1n) is 11.0. The highest BCUT2D eigenvalue weighted by molar-refractivity contribution is 5.87. The Balaban J connectivity index is 1.48. The minimum absolute atomic E-state index is 0.0199. The monoisotopic (exact) mass is 445 g/mol. The first-order chi connectivity index (χ1) is 16.0. The number of hydrogen-bond donors (Lipinski definition) is 3. The first-order valence-corrected chi connectivity index (χ1v) is 11.0. The maximum absolute atomic E-state index is 12.3. The summed E-state index contributed by atoms with van der Waals surface area (Å²) < 4.78 is 0. The van der Waals surface area contributed by atoms with E-state index in [0.717, 1.165) is 30.8 Å². The molecule has 1 aliphatic heterocycles. The predicted molar refractivity (Wildman–Crippen MR) is 131 cm³/mol. The number of nitrogens with one attached hydrogen (secondary N) is 3. The van der Waals surface area contributed by atoms with Gasteiger partial charge in [0.1, 0.15) is 17.2 Å². The van der Waals surface area contributed by atoms with E-state index >= 15 is 0 Å². The Morgan fingerprint density at radius 3 is 2.70 bits per heavy atom. The molecule has 8 heteroatoms. The molecule has 0 saturated carbocycles. The Morgan fingerprint density at radius 1 is 1.18 bits per heavy atom. The highest BCUT2D eigenvalue weighted by atomic mass is 16.2. The molecule has 4 rings (SSSR count). The third-order valence-electron chi connectivity index (χ3n) is 5.86. The van der Waals surface area contributed by atoms with Gasteiger partial charge < -0.3 is 20.9 Å². The number of amides is 1. The molecule has 1 aromatic heterocycles. The third-order valence-corrected chi connectivity index (χ3v) is 5.86. The standard InChI is InChI=1S/C25H27N5O3/c1-3-21(31)28-19-10-7-13-30(15-19)20-14-18(11-12-26-20)29-23-22(24(32)25(23)33)27-16(2)17-8-5-4-6-9-17/h3-6,8-9,11-12,14,16,19,27H,1,7,10,13,15H2,2H3,(H,26,29)(H,28,31)/t16-,19?/m1/s1. The van der Waals surface area contributed by atoms with E-state index < -0.39 is 10.9 Å². The summed E-state index contributed by atoms with van der Waals surface area (Å²) in [6.45, 7) is 6.90. The summed E-state index contributed by atoms with van der Waals surface area (Å²) in [5, 5.41) is 9.20. The summed E-state index contributed by atoms with van der Waals surface area (Å²) in [6, 6.07) is 13.2. The number of rotatable bonds is 8. The maximum atomic E-state index is 12.3. The number of aromatic nitrogens is 1. The molecule has 0 spiro atoms. The van der Waals surface area contributed by atoms with Crippen LogP contribution in [0.4, 0.5) is 22.9 Å². The average molecular weight is 446 g/mol. The van der Waals surface area contributed by atoms with E-state index in [-0.39, 0.29) is 23.7 Å². The molecular formula is C25H27N5O3. The second-order valence-corrected chi connectivity index (χ2v) is 8.21. The van der Waals surface area contributed by atoms with Crippen molar-refractivity contribution in [2.45, 2.75) is 31.8 Å². The van der Waals surface area contributed by atoms with Gasteiger partial charge in [-0.05, 0) is 37.5 Å². The molecule has 0 radical (unpaired) electrons. The van der Waals surface area contributed by atoms with E-state index in [9.17, 15) is 14.4 Å². The van der Waals surface area contributed by atoms with Crippen molar-refractivity contribution < 1.29 is 4.79 Å². The van der Waals surface area contributed by atoms with Crippen molar-refractivity contribution in [2.24, 2.45) is 0 Å². The van der Waals surface area contributed by atoms with Gasteiger partial charge in [-0.15, -0.1) is 0 Å². The lowest BCUT2D eigenvalue weighted by Gasteiger charge is -2.34. The second kappa shape index (κ2) is 9.68. The number of pyridine rings is 1. The van der Waals surface area contributed by atoms with Gasteiger partial charge in [0.25, 0.3) is 10.9 Å². The number of hydrogen-bond acceptors (Lipinski definition) is 7. The van der Waals surface area contributed by atoms with Gasteiger partial charge in [0, 0.05) is 43.1 Å². The molecule has 1 aliphatic rings. The van der Waals surface area contributed by atoms with Crippen molar-refractivity contribution in [2.75, 3.05) is 28.6 Å². The molecule has 170 valence electrons. The number of carbonyl (C=O) groups is 1. The quantitative estimate of drug-likeness (QED) is 0.362. The lowest BCUT2D eigenvalue weighted by molar-refractivity contribution is -0.117. The van der Waals surface area contributed by atoms with Crippen molar-refractivity contribution in [3.63, 3.8) is 0 Å². The lowest BCUT2D eigenvalue weighted by Crippen LogP contribution is -2.47. The van der Waals surface area contributed by atoms with Gasteiger partial charge in [-0.3, -0.25) is 14.4 Å². The van der Waals surface area contributed by atoms with Crippen LogP contribution >= 0.6 is 0 Å². The van der Waals surface area contributed by atoms with Gasteiger partial charge in [-0.25, -0.2) is 4.98 Å². The van der Waals surface area contributed by atoms with Crippen LogP contribution in [0.15, 0.2) is 70.9 Å². The normalized spacial score (nSPS) is 16.8. The van der Waals surface area contributed by atoms with Gasteiger partial charge in [0.05, 0.1) is 0 Å². The van der Waals surface area contributed by atoms with Crippen molar-refractivity contribution in [3.8, 4) is 0 Å². The summed E-state index contributed by atoms with van der Waals surface area (Å²) in [5.41, 5.74) is 1.17. The fourth-order valence-electron chi connectivity index (χ4n) is 4.07. The van der Waals surface area contributed by atoms with Gasteiger partial charge in [0.15, 0.2) is 0 Å². The van der Waals surface area contributed by atoms with Gasteiger partial charge in [0.2, 0.25) is 5.91 Å². The van der Waals surface area contributed by atoms with Crippen LogP contribution in [0.5, 0.6) is 0 Å². The van der Waals surface area contributed by atoms with Crippen LogP contribution in [0, 0.1) is 0 Å². The van der Waals surface area contributed by atoms with E-state index in [1.165, 1.54) is 6.08 Å². The van der Waals surface area contributed by atoms with Crippen molar-refractivity contribution in [3.05, 3.63) is 87.3 Å². The molecule has 2 heterocycles. The van der Waals surface area contributed by atoms with E-state index in [4.69, 9.17) is 0 Å². The van der Waals surface area contributed by atoms with Crippen molar-refractivity contribution in [1.29, 1.82) is 0 Å². The van der Waals surface area contributed by atoms with Gasteiger partial charge >= 0.3 is 0 Å². The number of benzene rings is 1. The Labute approximate surface area is 192 Å². The van der Waals surface area contributed by atoms with Crippen molar-refractivity contribution in [1.82, 2.24) is 10.3 Å². The Kier molecular flexibility index (Phi) is 6.53. The third kappa shape index (κ3) is 4.95. The summed E-state index contributed by atoms with van der Waals surface area (Å²) in [4.78, 5) is 42.7. The highest BCUT2D eigenvalue weighted by Gasteiger charge is 2.24. The number of anilines is 4. The zero-order chi connectivity index (χ0) is 23.4. The number of piperidine rings is 1. The Morgan fingerprint density at radius 2 is 1.94 bits per heavy atom.